The highest BCUT2D eigenvalue weighted by molar-refractivity contribution is 5.79. The molecule has 0 bridgehead atoms. The SMILES string of the molecule is NCc1ccc(C2CNC(=O)C2)c(C(F)(F)F)c1. The molecule has 0 aliphatic carbocycles. The van der Waals surface area contributed by atoms with Crippen LogP contribution in [0.3, 0.4) is 0 Å². The summed E-state index contributed by atoms with van der Waals surface area (Å²) in [5, 5.41) is 2.54. The van der Waals surface area contributed by atoms with Crippen LogP contribution in [0.4, 0.5) is 13.2 Å². The number of rotatable bonds is 2. The van der Waals surface area contributed by atoms with Gasteiger partial charge in [-0.1, -0.05) is 12.1 Å². The summed E-state index contributed by atoms with van der Waals surface area (Å²) >= 11 is 0. The van der Waals surface area contributed by atoms with E-state index in [9.17, 15) is 18.0 Å². The number of carbonyl (C=O) groups is 1. The zero-order valence-corrected chi connectivity index (χ0v) is 9.55. The Morgan fingerprint density at radius 2 is 2.11 bits per heavy atom. The van der Waals surface area contributed by atoms with Crippen LogP contribution >= 0.6 is 0 Å². The van der Waals surface area contributed by atoms with Crippen LogP contribution in [-0.4, -0.2) is 12.5 Å². The lowest BCUT2D eigenvalue weighted by molar-refractivity contribution is -0.138. The third-order valence-corrected chi connectivity index (χ3v) is 3.08. The minimum Gasteiger partial charge on any atom is -0.355 e. The second-order valence-electron chi connectivity index (χ2n) is 4.33. The number of hydrogen-bond donors (Lipinski definition) is 2. The molecule has 2 rings (SSSR count). The van der Waals surface area contributed by atoms with E-state index in [2.05, 4.69) is 5.32 Å². The van der Waals surface area contributed by atoms with Gasteiger partial charge in [0.2, 0.25) is 5.91 Å². The molecule has 3 nitrogen and oxygen atoms in total. The lowest BCUT2D eigenvalue weighted by Gasteiger charge is -2.17. The van der Waals surface area contributed by atoms with E-state index >= 15 is 0 Å². The number of alkyl halides is 3. The van der Waals surface area contributed by atoms with Crippen molar-refractivity contribution < 1.29 is 18.0 Å². The summed E-state index contributed by atoms with van der Waals surface area (Å²) in [6.07, 6.45) is -4.32. The topological polar surface area (TPSA) is 55.1 Å². The molecule has 1 aromatic rings. The van der Waals surface area contributed by atoms with Gasteiger partial charge in [-0.05, 0) is 17.2 Å². The van der Waals surface area contributed by atoms with Gasteiger partial charge in [0.05, 0.1) is 5.56 Å². The van der Waals surface area contributed by atoms with E-state index in [-0.39, 0.29) is 31.0 Å². The maximum absolute atomic E-state index is 13.0. The molecular weight excluding hydrogens is 245 g/mol. The monoisotopic (exact) mass is 258 g/mol. The van der Waals surface area contributed by atoms with E-state index in [1.54, 1.807) is 6.07 Å². The van der Waals surface area contributed by atoms with Gasteiger partial charge in [0, 0.05) is 25.4 Å². The Morgan fingerprint density at radius 1 is 1.39 bits per heavy atom. The van der Waals surface area contributed by atoms with Gasteiger partial charge in [-0.25, -0.2) is 0 Å². The first-order valence-corrected chi connectivity index (χ1v) is 5.58. The second-order valence-corrected chi connectivity index (χ2v) is 4.33. The molecule has 1 aromatic carbocycles. The Bertz CT molecular complexity index is 471. The van der Waals surface area contributed by atoms with Gasteiger partial charge in [0.25, 0.3) is 0 Å². The Morgan fingerprint density at radius 3 is 2.61 bits per heavy atom. The number of carbonyl (C=O) groups excluding carboxylic acids is 1. The summed E-state index contributed by atoms with van der Waals surface area (Å²) in [5.74, 6) is -0.628. The molecule has 1 atom stereocenters. The van der Waals surface area contributed by atoms with E-state index in [1.165, 1.54) is 6.07 Å². The number of nitrogens with one attached hydrogen (secondary N) is 1. The summed E-state index contributed by atoms with van der Waals surface area (Å²) in [5.41, 5.74) is 5.26. The molecule has 1 fully saturated rings. The van der Waals surface area contributed by atoms with E-state index in [0.717, 1.165) is 6.07 Å². The largest absolute Gasteiger partial charge is 0.416 e. The third kappa shape index (κ3) is 2.48. The first-order chi connectivity index (χ1) is 8.41. The molecule has 1 unspecified atom stereocenters. The molecule has 0 aromatic heterocycles. The molecule has 1 aliphatic heterocycles. The highest BCUT2D eigenvalue weighted by Gasteiger charge is 2.37. The molecule has 1 saturated heterocycles. The quantitative estimate of drug-likeness (QED) is 0.849. The highest BCUT2D eigenvalue weighted by atomic mass is 19.4. The van der Waals surface area contributed by atoms with Crippen molar-refractivity contribution in [2.45, 2.75) is 25.1 Å². The van der Waals surface area contributed by atoms with Crippen molar-refractivity contribution in [3.8, 4) is 0 Å². The van der Waals surface area contributed by atoms with E-state index < -0.39 is 17.7 Å². The molecule has 0 spiro atoms. The van der Waals surface area contributed by atoms with E-state index in [0.29, 0.717) is 5.56 Å². The third-order valence-electron chi connectivity index (χ3n) is 3.08. The van der Waals surface area contributed by atoms with Crippen LogP contribution in [0.5, 0.6) is 0 Å². The summed E-state index contributed by atoms with van der Waals surface area (Å²) < 4.78 is 38.9. The molecule has 98 valence electrons. The Hall–Kier alpha value is -1.56. The normalized spacial score (nSPS) is 20.0. The van der Waals surface area contributed by atoms with Crippen LogP contribution in [0.25, 0.3) is 0 Å². The first kappa shape index (κ1) is 12.9. The Balaban J connectivity index is 2.43. The van der Waals surface area contributed by atoms with Crippen molar-refractivity contribution in [1.82, 2.24) is 5.32 Å². The van der Waals surface area contributed by atoms with Crippen LogP contribution in [-0.2, 0) is 17.5 Å². The molecule has 0 saturated carbocycles. The van der Waals surface area contributed by atoms with E-state index in [1.807, 2.05) is 0 Å². The summed E-state index contributed by atoms with van der Waals surface area (Å²) in [7, 11) is 0. The summed E-state index contributed by atoms with van der Waals surface area (Å²) in [6.45, 7) is 0.315. The number of benzene rings is 1. The molecule has 1 amide bonds. The van der Waals surface area contributed by atoms with Crippen LogP contribution in [0.15, 0.2) is 18.2 Å². The van der Waals surface area contributed by atoms with Crippen molar-refractivity contribution in [2.24, 2.45) is 5.73 Å². The zero-order valence-electron chi connectivity index (χ0n) is 9.55. The number of nitrogens with two attached hydrogens (primary N) is 1. The Kier molecular flexibility index (Phi) is 3.30. The highest BCUT2D eigenvalue weighted by Crippen LogP contribution is 2.37. The summed E-state index contributed by atoms with van der Waals surface area (Å²) in [6, 6.07) is 4.07. The Labute approximate surface area is 102 Å². The van der Waals surface area contributed by atoms with Crippen LogP contribution < -0.4 is 11.1 Å². The van der Waals surface area contributed by atoms with Crippen LogP contribution in [0.1, 0.15) is 29.0 Å². The number of amides is 1. The fourth-order valence-electron chi connectivity index (χ4n) is 2.16. The van der Waals surface area contributed by atoms with Crippen molar-refractivity contribution in [2.75, 3.05) is 6.54 Å². The maximum Gasteiger partial charge on any atom is 0.416 e. The summed E-state index contributed by atoms with van der Waals surface area (Å²) in [4.78, 5) is 11.1. The molecule has 18 heavy (non-hydrogen) atoms. The van der Waals surface area contributed by atoms with Crippen molar-refractivity contribution in [3.05, 3.63) is 34.9 Å². The average molecular weight is 258 g/mol. The fraction of sp³-hybridized carbons (Fsp3) is 0.417. The lowest BCUT2D eigenvalue weighted by Crippen LogP contribution is -2.16. The predicted octanol–water partition coefficient (Wildman–Crippen LogP) is 1.77. The van der Waals surface area contributed by atoms with Crippen molar-refractivity contribution >= 4 is 5.91 Å². The predicted molar refractivity (Wildman–Crippen MR) is 59.7 cm³/mol. The molecule has 6 heteroatoms. The maximum atomic E-state index is 13.0. The standard InChI is InChI=1S/C12H13F3N2O/c13-12(14,15)10-3-7(5-16)1-2-9(10)8-4-11(18)17-6-8/h1-3,8H,4-6,16H2,(H,17,18). The van der Waals surface area contributed by atoms with Gasteiger partial charge in [-0.3, -0.25) is 4.79 Å². The van der Waals surface area contributed by atoms with Gasteiger partial charge >= 0.3 is 6.18 Å². The van der Waals surface area contributed by atoms with Gasteiger partial charge in [-0.15, -0.1) is 0 Å². The minimum absolute atomic E-state index is 0.0607. The zero-order chi connectivity index (χ0) is 13.3. The van der Waals surface area contributed by atoms with Gasteiger partial charge in [0.15, 0.2) is 0 Å². The van der Waals surface area contributed by atoms with Gasteiger partial charge < -0.3 is 11.1 Å². The second kappa shape index (κ2) is 4.61. The van der Waals surface area contributed by atoms with Crippen LogP contribution in [0.2, 0.25) is 0 Å². The smallest absolute Gasteiger partial charge is 0.355 e. The lowest BCUT2D eigenvalue weighted by atomic mass is 9.91. The fourth-order valence-corrected chi connectivity index (χ4v) is 2.16. The van der Waals surface area contributed by atoms with Crippen LogP contribution in [0, 0.1) is 0 Å². The molecular formula is C12H13F3N2O. The molecule has 3 N–H and O–H groups in total. The van der Waals surface area contributed by atoms with Gasteiger partial charge in [-0.2, -0.15) is 13.2 Å². The average Bonchev–Trinajstić information content (AvgIpc) is 2.74. The molecule has 1 heterocycles. The molecule has 1 aliphatic rings. The van der Waals surface area contributed by atoms with E-state index in [4.69, 9.17) is 5.73 Å². The van der Waals surface area contributed by atoms with Gasteiger partial charge in [0.1, 0.15) is 0 Å². The number of halogens is 3. The first-order valence-electron chi connectivity index (χ1n) is 5.58. The van der Waals surface area contributed by atoms with Crippen molar-refractivity contribution in [3.63, 3.8) is 0 Å². The number of hydrogen-bond acceptors (Lipinski definition) is 2. The minimum atomic E-state index is -4.42. The molecule has 0 radical (unpaired) electrons. The van der Waals surface area contributed by atoms with Crippen molar-refractivity contribution in [1.29, 1.82) is 0 Å².